The van der Waals surface area contributed by atoms with Gasteiger partial charge in [0, 0.05) is 16.1 Å². The summed E-state index contributed by atoms with van der Waals surface area (Å²) in [4.78, 5) is 12.5. The predicted molar refractivity (Wildman–Crippen MR) is 123 cm³/mol. The van der Waals surface area contributed by atoms with E-state index in [0.29, 0.717) is 5.02 Å². The van der Waals surface area contributed by atoms with Crippen molar-refractivity contribution in [1.29, 1.82) is 0 Å². The molecule has 3 rings (SSSR count). The van der Waals surface area contributed by atoms with Crippen molar-refractivity contribution in [2.45, 2.75) is 50.1 Å². The third-order valence-corrected chi connectivity index (χ3v) is 9.27. The van der Waals surface area contributed by atoms with Gasteiger partial charge in [-0.15, -0.1) is 0 Å². The Labute approximate surface area is 193 Å². The van der Waals surface area contributed by atoms with Gasteiger partial charge in [-0.25, -0.2) is 8.42 Å². The fourth-order valence-electron chi connectivity index (χ4n) is 3.41. The first-order valence-electron chi connectivity index (χ1n) is 10.00. The van der Waals surface area contributed by atoms with E-state index in [9.17, 15) is 17.8 Å². The summed E-state index contributed by atoms with van der Waals surface area (Å²) in [5.41, 5.74) is 0.392. The van der Waals surface area contributed by atoms with E-state index in [1.165, 1.54) is 36.4 Å². The molecule has 2 aromatic rings. The number of carbonyl (C=O) groups excluding carboxylic acids is 1. The minimum atomic E-state index is -4.28. The van der Waals surface area contributed by atoms with Crippen molar-refractivity contribution in [3.05, 3.63) is 76.8 Å². The number of ketones is 1. The summed E-state index contributed by atoms with van der Waals surface area (Å²) in [6, 6.07) is 11.9. The Kier molecular flexibility index (Phi) is 7.15. The van der Waals surface area contributed by atoms with Crippen molar-refractivity contribution in [1.82, 2.24) is 4.72 Å². The number of allylic oxidation sites excluding steroid dienone is 1. The maximum Gasteiger partial charge on any atom is 0.360 e. The summed E-state index contributed by atoms with van der Waals surface area (Å²) < 4.78 is 55.4. The lowest BCUT2D eigenvalue weighted by atomic mass is 9.92. The van der Waals surface area contributed by atoms with Gasteiger partial charge in [0.15, 0.2) is 11.1 Å². The largest absolute Gasteiger partial charge is 0.360 e. The summed E-state index contributed by atoms with van der Waals surface area (Å²) in [5.74, 6) is -0.345. The van der Waals surface area contributed by atoms with Crippen molar-refractivity contribution < 1.29 is 26.8 Å². The number of hydrogen-bond donors (Lipinski definition) is 1. The van der Waals surface area contributed by atoms with Crippen LogP contribution >= 0.6 is 19.2 Å². The Balaban J connectivity index is 2.30. The molecule has 0 fully saturated rings. The average molecular weight is 498 g/mol. The molecule has 0 saturated heterocycles. The van der Waals surface area contributed by atoms with Crippen molar-refractivity contribution in [3.63, 3.8) is 0 Å². The molecule has 1 aliphatic rings. The van der Waals surface area contributed by atoms with Crippen LogP contribution in [0.4, 0.5) is 0 Å². The molecule has 0 saturated carbocycles. The van der Waals surface area contributed by atoms with E-state index in [1.54, 1.807) is 52.0 Å². The molecule has 0 heterocycles. The molecule has 172 valence electrons. The highest BCUT2D eigenvalue weighted by Crippen LogP contribution is 2.67. The highest BCUT2D eigenvalue weighted by Gasteiger charge is 2.57. The summed E-state index contributed by atoms with van der Waals surface area (Å²) in [7, 11) is -8.53. The molecular weight excluding hydrogens is 473 g/mol. The molecule has 0 amide bonds. The molecular formula is C22H25ClNO6PS. The fraction of sp³-hybridized carbons (Fsp3) is 0.318. The van der Waals surface area contributed by atoms with Crippen LogP contribution in [0, 0.1) is 0 Å². The summed E-state index contributed by atoms with van der Waals surface area (Å²) in [6.45, 7) is 6.67. The maximum atomic E-state index is 14.4. The van der Waals surface area contributed by atoms with Crippen molar-refractivity contribution >= 4 is 35.0 Å². The lowest BCUT2D eigenvalue weighted by Crippen LogP contribution is -2.47. The van der Waals surface area contributed by atoms with Crippen LogP contribution in [0.15, 0.2) is 65.6 Å². The van der Waals surface area contributed by atoms with Crippen LogP contribution in [0.2, 0.25) is 5.02 Å². The third-order valence-electron chi connectivity index (χ3n) is 4.62. The second-order valence-electron chi connectivity index (χ2n) is 7.87. The van der Waals surface area contributed by atoms with Crippen LogP contribution in [0.5, 0.6) is 0 Å². The lowest BCUT2D eigenvalue weighted by molar-refractivity contribution is 0.103. The van der Waals surface area contributed by atoms with E-state index in [1.807, 2.05) is 0 Å². The number of fused-ring (bicyclic) bond motifs is 1. The molecule has 1 N–H and O–H groups in total. The topological polar surface area (TPSA) is 98.8 Å². The van der Waals surface area contributed by atoms with Crippen molar-refractivity contribution in [2.24, 2.45) is 0 Å². The normalized spacial score (nSPS) is 18.9. The highest BCUT2D eigenvalue weighted by atomic mass is 35.5. The van der Waals surface area contributed by atoms with Crippen LogP contribution in [0.3, 0.4) is 0 Å². The number of benzene rings is 2. The van der Waals surface area contributed by atoms with Gasteiger partial charge in [0.25, 0.3) is 0 Å². The molecule has 0 aliphatic heterocycles. The number of sulfonamides is 1. The molecule has 1 atom stereocenters. The van der Waals surface area contributed by atoms with E-state index in [4.69, 9.17) is 20.6 Å². The molecule has 0 spiro atoms. The standard InChI is InChI=1S/C22H25ClNO6PS/c1-15(2)29-31(26,30-16(3)4)22(14-13-21(25)19-7-5-6-8-20(19)22)24-32(27,28)18-11-9-17(23)10-12-18/h5-16,24H,1-4H3. The van der Waals surface area contributed by atoms with Gasteiger partial charge in [-0.05, 0) is 64.1 Å². The van der Waals surface area contributed by atoms with Crippen LogP contribution < -0.4 is 4.72 Å². The molecule has 2 aromatic carbocycles. The minimum Gasteiger partial charge on any atom is -0.304 e. The third kappa shape index (κ3) is 4.76. The van der Waals surface area contributed by atoms with Gasteiger partial charge in [0.2, 0.25) is 10.0 Å². The Morgan fingerprint density at radius 2 is 1.53 bits per heavy atom. The van der Waals surface area contributed by atoms with Crippen LogP contribution in [-0.4, -0.2) is 26.4 Å². The molecule has 0 bridgehead atoms. The number of rotatable bonds is 8. The zero-order valence-corrected chi connectivity index (χ0v) is 20.6. The molecule has 0 aromatic heterocycles. The second kappa shape index (κ2) is 9.21. The maximum absolute atomic E-state index is 14.4. The van der Waals surface area contributed by atoms with Gasteiger partial charge >= 0.3 is 7.60 Å². The van der Waals surface area contributed by atoms with E-state index in [2.05, 4.69) is 4.72 Å². The van der Waals surface area contributed by atoms with Crippen LogP contribution in [0.1, 0.15) is 43.6 Å². The van der Waals surface area contributed by atoms with Crippen LogP contribution in [0.25, 0.3) is 0 Å². The fourth-order valence-corrected chi connectivity index (χ4v) is 7.79. The van der Waals surface area contributed by atoms with E-state index in [0.717, 1.165) is 0 Å². The smallest absolute Gasteiger partial charge is 0.304 e. The summed E-state index contributed by atoms with van der Waals surface area (Å²) in [5, 5.41) is -1.60. The lowest BCUT2D eigenvalue weighted by Gasteiger charge is -2.41. The first-order chi connectivity index (χ1) is 14.9. The van der Waals surface area contributed by atoms with E-state index < -0.39 is 35.1 Å². The number of carbonyl (C=O) groups is 1. The van der Waals surface area contributed by atoms with Crippen LogP contribution in [-0.2, 0) is 28.9 Å². The van der Waals surface area contributed by atoms with Crippen molar-refractivity contribution in [3.8, 4) is 0 Å². The molecule has 7 nitrogen and oxygen atoms in total. The molecule has 0 radical (unpaired) electrons. The first kappa shape index (κ1) is 24.8. The molecule has 10 heteroatoms. The van der Waals surface area contributed by atoms with Gasteiger partial charge < -0.3 is 9.05 Å². The molecule has 1 aliphatic carbocycles. The molecule has 1 unspecified atom stereocenters. The number of halogens is 1. The Morgan fingerprint density at radius 3 is 2.09 bits per heavy atom. The Hall–Kier alpha value is -1.80. The predicted octanol–water partition coefficient (Wildman–Crippen LogP) is 5.27. The Morgan fingerprint density at radius 1 is 0.969 bits per heavy atom. The zero-order chi connectivity index (χ0) is 23.7. The van der Waals surface area contributed by atoms with Gasteiger partial charge in [-0.3, -0.25) is 9.36 Å². The zero-order valence-electron chi connectivity index (χ0n) is 18.1. The second-order valence-corrected chi connectivity index (χ2v) is 12.1. The monoisotopic (exact) mass is 497 g/mol. The van der Waals surface area contributed by atoms with E-state index in [-0.39, 0.29) is 21.8 Å². The van der Waals surface area contributed by atoms with Gasteiger partial charge in [-0.1, -0.05) is 35.9 Å². The molecule has 32 heavy (non-hydrogen) atoms. The van der Waals surface area contributed by atoms with E-state index >= 15 is 0 Å². The van der Waals surface area contributed by atoms with Gasteiger partial charge in [-0.2, -0.15) is 4.72 Å². The highest BCUT2D eigenvalue weighted by molar-refractivity contribution is 7.90. The summed E-state index contributed by atoms with van der Waals surface area (Å²) >= 11 is 5.90. The SMILES string of the molecule is CC(C)OP(=O)(OC(C)C)C1(NS(=O)(=O)c2ccc(Cl)cc2)C=CC(=O)c2ccccc21. The summed E-state index contributed by atoms with van der Waals surface area (Å²) in [6.07, 6.45) is 1.33. The van der Waals surface area contributed by atoms with Gasteiger partial charge in [0.05, 0.1) is 17.1 Å². The minimum absolute atomic E-state index is 0.0929. The average Bonchev–Trinajstić information content (AvgIpc) is 2.69. The number of hydrogen-bond acceptors (Lipinski definition) is 6. The van der Waals surface area contributed by atoms with Gasteiger partial charge in [0.1, 0.15) is 0 Å². The first-order valence-corrected chi connectivity index (χ1v) is 13.4. The number of nitrogens with one attached hydrogen (secondary N) is 1. The Bertz CT molecular complexity index is 1180. The quantitative estimate of drug-likeness (QED) is 0.499. The van der Waals surface area contributed by atoms with Crippen molar-refractivity contribution in [2.75, 3.05) is 0 Å².